The molecule has 4 heterocycles. The second-order valence-electron chi connectivity index (χ2n) is 9.49. The standard InChI is InChI=1S/C25H24F5N5O/c1-33-12-17(2-3-22(33)36)18-8-21-23(31-9-18)20(19-10-32-35(13-19)15-25(28,29)30)14-34(21)11-16-4-6-24(26,27)7-5-16/h2-3,8-10,12-14,16H,4-7,11,15H2,1H3. The van der Waals surface area contributed by atoms with Gasteiger partial charge in [0, 0.05) is 74.0 Å². The molecule has 0 saturated heterocycles. The van der Waals surface area contributed by atoms with Crippen molar-refractivity contribution < 1.29 is 22.0 Å². The average Bonchev–Trinajstić information content (AvgIpc) is 3.40. The summed E-state index contributed by atoms with van der Waals surface area (Å²) >= 11 is 0. The van der Waals surface area contributed by atoms with E-state index < -0.39 is 18.6 Å². The molecule has 4 aromatic heterocycles. The van der Waals surface area contributed by atoms with E-state index in [9.17, 15) is 26.7 Å². The second kappa shape index (κ2) is 8.86. The summed E-state index contributed by atoms with van der Waals surface area (Å²) in [7, 11) is 1.65. The third-order valence-electron chi connectivity index (χ3n) is 6.71. The highest BCUT2D eigenvalue weighted by Crippen LogP contribution is 2.38. The van der Waals surface area contributed by atoms with Crippen molar-refractivity contribution in [1.82, 2.24) is 23.9 Å². The van der Waals surface area contributed by atoms with Crippen LogP contribution >= 0.6 is 0 Å². The number of alkyl halides is 5. The highest BCUT2D eigenvalue weighted by atomic mass is 19.4. The van der Waals surface area contributed by atoms with Gasteiger partial charge in [-0.15, -0.1) is 0 Å². The SMILES string of the molecule is Cn1cc(-c2cnc3c(-c4cnn(CC(F)(F)F)c4)cn(CC4CCC(F)(F)CC4)c3c2)ccc1=O. The number of aromatic nitrogens is 5. The third-order valence-corrected chi connectivity index (χ3v) is 6.71. The van der Waals surface area contributed by atoms with Gasteiger partial charge in [-0.3, -0.25) is 14.5 Å². The lowest BCUT2D eigenvalue weighted by molar-refractivity contribution is -0.142. The molecule has 1 saturated carbocycles. The summed E-state index contributed by atoms with van der Waals surface area (Å²) in [4.78, 5) is 16.4. The number of halogens is 5. The molecule has 1 fully saturated rings. The minimum Gasteiger partial charge on any atom is -0.345 e. The summed E-state index contributed by atoms with van der Waals surface area (Å²) in [6.45, 7) is -0.714. The summed E-state index contributed by atoms with van der Waals surface area (Å²) in [5, 5.41) is 3.85. The molecule has 6 nitrogen and oxygen atoms in total. The van der Waals surface area contributed by atoms with E-state index in [-0.39, 0.29) is 24.3 Å². The van der Waals surface area contributed by atoms with Gasteiger partial charge in [0.2, 0.25) is 11.5 Å². The molecular weight excluding hydrogens is 481 g/mol. The second-order valence-corrected chi connectivity index (χ2v) is 9.49. The van der Waals surface area contributed by atoms with Crippen molar-refractivity contribution in [2.24, 2.45) is 13.0 Å². The van der Waals surface area contributed by atoms with E-state index in [4.69, 9.17) is 0 Å². The Kier molecular flexibility index (Phi) is 5.96. The summed E-state index contributed by atoms with van der Waals surface area (Å²) < 4.78 is 70.1. The first-order valence-electron chi connectivity index (χ1n) is 11.6. The van der Waals surface area contributed by atoms with E-state index in [1.165, 1.54) is 23.0 Å². The Morgan fingerprint density at radius 1 is 1.03 bits per heavy atom. The molecule has 11 heteroatoms. The van der Waals surface area contributed by atoms with Gasteiger partial charge >= 0.3 is 6.18 Å². The van der Waals surface area contributed by atoms with Gasteiger partial charge in [0.15, 0.2) is 0 Å². The minimum absolute atomic E-state index is 0.0437. The van der Waals surface area contributed by atoms with Crippen molar-refractivity contribution in [2.75, 3.05) is 0 Å². The Balaban J connectivity index is 1.56. The average molecular weight is 505 g/mol. The zero-order valence-corrected chi connectivity index (χ0v) is 19.5. The molecule has 0 aromatic carbocycles. The van der Waals surface area contributed by atoms with E-state index in [0.717, 1.165) is 21.3 Å². The van der Waals surface area contributed by atoms with Gasteiger partial charge in [-0.1, -0.05) is 0 Å². The van der Waals surface area contributed by atoms with Crippen LogP contribution in [0.15, 0.2) is 54.0 Å². The molecule has 0 unspecified atom stereocenters. The summed E-state index contributed by atoms with van der Waals surface area (Å²) in [5.74, 6) is -2.59. The maximum absolute atomic E-state index is 13.7. The highest BCUT2D eigenvalue weighted by molar-refractivity contribution is 5.94. The first-order valence-corrected chi connectivity index (χ1v) is 11.6. The van der Waals surface area contributed by atoms with Gasteiger partial charge in [-0.25, -0.2) is 8.78 Å². The van der Waals surface area contributed by atoms with Crippen molar-refractivity contribution in [3.05, 3.63) is 59.5 Å². The van der Waals surface area contributed by atoms with Gasteiger partial charge in [0.25, 0.3) is 0 Å². The predicted molar refractivity (Wildman–Crippen MR) is 125 cm³/mol. The molecule has 0 bridgehead atoms. The molecule has 1 aliphatic rings. The maximum Gasteiger partial charge on any atom is 0.408 e. The van der Waals surface area contributed by atoms with Crippen LogP contribution in [0.5, 0.6) is 0 Å². The van der Waals surface area contributed by atoms with E-state index in [2.05, 4.69) is 10.1 Å². The van der Waals surface area contributed by atoms with Crippen molar-refractivity contribution >= 4 is 11.0 Å². The fourth-order valence-corrected chi connectivity index (χ4v) is 4.78. The molecule has 0 spiro atoms. The molecule has 190 valence electrons. The Hall–Kier alpha value is -3.50. The van der Waals surface area contributed by atoms with Crippen LogP contribution in [0.25, 0.3) is 33.3 Å². The minimum atomic E-state index is -4.40. The maximum atomic E-state index is 13.7. The lowest BCUT2D eigenvalue weighted by Crippen LogP contribution is -2.26. The van der Waals surface area contributed by atoms with Crippen LogP contribution in [0.3, 0.4) is 0 Å². The first-order chi connectivity index (χ1) is 17.0. The van der Waals surface area contributed by atoms with Gasteiger partial charge in [0.05, 0.1) is 17.2 Å². The van der Waals surface area contributed by atoms with Crippen LogP contribution in [0.1, 0.15) is 25.7 Å². The first kappa shape index (κ1) is 24.2. The lowest BCUT2D eigenvalue weighted by atomic mass is 9.87. The van der Waals surface area contributed by atoms with Gasteiger partial charge in [-0.05, 0) is 36.5 Å². The molecule has 0 atom stereocenters. The molecule has 0 radical (unpaired) electrons. The van der Waals surface area contributed by atoms with E-state index >= 15 is 0 Å². The topological polar surface area (TPSA) is 57.6 Å². The number of nitrogens with zero attached hydrogens (tertiary/aromatic N) is 5. The number of pyridine rings is 2. The van der Waals surface area contributed by atoms with Crippen LogP contribution in [0, 0.1) is 5.92 Å². The monoisotopic (exact) mass is 505 g/mol. The number of fused-ring (bicyclic) bond motifs is 1. The molecule has 1 aliphatic carbocycles. The Morgan fingerprint density at radius 3 is 2.47 bits per heavy atom. The Morgan fingerprint density at radius 2 is 1.78 bits per heavy atom. The molecule has 5 rings (SSSR count). The molecule has 0 aliphatic heterocycles. The zero-order chi connectivity index (χ0) is 25.7. The summed E-state index contributed by atoms with van der Waals surface area (Å²) in [6.07, 6.45) is 3.92. The van der Waals surface area contributed by atoms with E-state index in [1.807, 2.05) is 16.8 Å². The number of hydrogen-bond donors (Lipinski definition) is 0. The molecular formula is C25H24F5N5O. The Bertz CT molecular complexity index is 1460. The van der Waals surface area contributed by atoms with Crippen molar-refractivity contribution in [3.8, 4) is 22.3 Å². The molecule has 0 amide bonds. The van der Waals surface area contributed by atoms with Crippen LogP contribution < -0.4 is 5.56 Å². The predicted octanol–water partition coefficient (Wildman–Crippen LogP) is 5.65. The number of hydrogen-bond acceptors (Lipinski definition) is 3. The molecule has 4 aromatic rings. The molecule has 36 heavy (non-hydrogen) atoms. The van der Waals surface area contributed by atoms with E-state index in [0.29, 0.717) is 36.0 Å². The zero-order valence-electron chi connectivity index (χ0n) is 19.5. The van der Waals surface area contributed by atoms with Crippen molar-refractivity contribution in [1.29, 1.82) is 0 Å². The highest BCUT2D eigenvalue weighted by Gasteiger charge is 2.35. The van der Waals surface area contributed by atoms with Crippen LogP contribution in [-0.2, 0) is 20.1 Å². The van der Waals surface area contributed by atoms with Gasteiger partial charge in [0.1, 0.15) is 6.54 Å². The van der Waals surface area contributed by atoms with Crippen LogP contribution in [0.2, 0.25) is 0 Å². The Labute approximate surface area is 203 Å². The smallest absolute Gasteiger partial charge is 0.345 e. The third kappa shape index (κ3) is 5.05. The van der Waals surface area contributed by atoms with Crippen molar-refractivity contribution in [3.63, 3.8) is 0 Å². The van der Waals surface area contributed by atoms with Crippen LogP contribution in [-0.4, -0.2) is 36.0 Å². The summed E-state index contributed by atoms with van der Waals surface area (Å²) in [5.41, 5.74) is 3.80. The lowest BCUT2D eigenvalue weighted by Gasteiger charge is -2.28. The number of rotatable bonds is 5. The fourth-order valence-electron chi connectivity index (χ4n) is 4.78. The normalized spacial score (nSPS) is 16.6. The van der Waals surface area contributed by atoms with Gasteiger partial charge < -0.3 is 9.13 Å². The quantitative estimate of drug-likeness (QED) is 0.329. The fraction of sp³-hybridized carbons (Fsp3) is 0.400. The molecule has 0 N–H and O–H groups in total. The van der Waals surface area contributed by atoms with Gasteiger partial charge in [-0.2, -0.15) is 18.3 Å². The van der Waals surface area contributed by atoms with E-state index in [1.54, 1.807) is 25.5 Å². The van der Waals surface area contributed by atoms with Crippen LogP contribution in [0.4, 0.5) is 22.0 Å². The number of aryl methyl sites for hydroxylation is 1. The largest absolute Gasteiger partial charge is 0.408 e. The van der Waals surface area contributed by atoms with Crippen molar-refractivity contribution in [2.45, 2.75) is 50.9 Å². The summed E-state index contributed by atoms with van der Waals surface area (Å²) in [6, 6.07) is 5.06.